The number of hydrogen-bond donors (Lipinski definition) is 3. The Morgan fingerprint density at radius 2 is 1.90 bits per heavy atom. The number of hydrogen-bond acceptors (Lipinski definition) is 7. The Bertz CT molecular complexity index is 1090. The Balaban J connectivity index is 1.57. The molecule has 0 unspecified atom stereocenters. The van der Waals surface area contributed by atoms with Gasteiger partial charge in [0.1, 0.15) is 5.78 Å². The number of amides is 1. The van der Waals surface area contributed by atoms with Crippen molar-refractivity contribution in [2.24, 2.45) is 0 Å². The summed E-state index contributed by atoms with van der Waals surface area (Å²) in [7, 11) is 0. The predicted octanol–water partition coefficient (Wildman–Crippen LogP) is 1.18. The molecule has 0 aliphatic rings. The van der Waals surface area contributed by atoms with Gasteiger partial charge in [-0.05, 0) is 43.9 Å². The summed E-state index contributed by atoms with van der Waals surface area (Å²) in [5.41, 5.74) is 7.73. The third-order valence-electron chi connectivity index (χ3n) is 4.36. The Morgan fingerprint density at radius 1 is 1.14 bits per heavy atom. The third-order valence-corrected chi connectivity index (χ3v) is 4.36. The number of rotatable bonds is 8. The van der Waals surface area contributed by atoms with Crippen molar-refractivity contribution in [3.05, 3.63) is 57.6 Å². The zero-order chi connectivity index (χ0) is 20.8. The van der Waals surface area contributed by atoms with Gasteiger partial charge in [-0.3, -0.25) is 14.6 Å². The molecule has 150 valence electrons. The number of fused-ring (bicyclic) bond motifs is 1. The van der Waals surface area contributed by atoms with E-state index in [2.05, 4.69) is 25.3 Å². The van der Waals surface area contributed by atoms with Gasteiger partial charge in [0, 0.05) is 18.5 Å². The average Bonchev–Trinajstić information content (AvgIpc) is 2.70. The van der Waals surface area contributed by atoms with Crippen LogP contribution in [0.1, 0.15) is 41.4 Å². The number of nitrogens with one attached hydrogen (secondary N) is 2. The largest absolute Gasteiger partial charge is 0.369 e. The summed E-state index contributed by atoms with van der Waals surface area (Å²) in [5, 5.41) is 2.80. The van der Waals surface area contributed by atoms with Gasteiger partial charge in [0.2, 0.25) is 5.95 Å². The normalized spacial score (nSPS) is 10.8. The van der Waals surface area contributed by atoms with Crippen LogP contribution >= 0.6 is 0 Å². The lowest BCUT2D eigenvalue weighted by Crippen LogP contribution is -2.24. The van der Waals surface area contributed by atoms with Crippen LogP contribution in [0.25, 0.3) is 11.2 Å². The number of aryl methyl sites for hydroxylation is 2. The molecule has 0 saturated carbocycles. The number of nitrogen functional groups attached to an aromatic ring is 1. The molecule has 0 aliphatic carbocycles. The summed E-state index contributed by atoms with van der Waals surface area (Å²) in [5.74, 6) is -0.0382. The van der Waals surface area contributed by atoms with Gasteiger partial charge in [-0.1, -0.05) is 12.1 Å². The fourth-order valence-electron chi connectivity index (χ4n) is 2.83. The van der Waals surface area contributed by atoms with Crippen molar-refractivity contribution in [2.45, 2.75) is 32.6 Å². The second-order valence-electron chi connectivity index (χ2n) is 6.74. The molecular weight excluding hydrogens is 372 g/mol. The summed E-state index contributed by atoms with van der Waals surface area (Å²) in [4.78, 5) is 49.8. The van der Waals surface area contributed by atoms with Crippen LogP contribution in [0.4, 0.5) is 5.95 Å². The van der Waals surface area contributed by atoms with Crippen molar-refractivity contribution in [2.75, 3.05) is 12.3 Å². The van der Waals surface area contributed by atoms with E-state index < -0.39 is 5.56 Å². The van der Waals surface area contributed by atoms with Crippen LogP contribution in [0, 0.1) is 0 Å². The van der Waals surface area contributed by atoms with E-state index in [1.165, 1.54) is 6.92 Å². The SMILES string of the molecule is CC(=O)CCCNC(=O)c1ccc(CCc2cnc3nc(N)[nH]c(=O)c3n2)cc1. The van der Waals surface area contributed by atoms with Crippen LogP contribution in [0.3, 0.4) is 0 Å². The first-order valence-electron chi connectivity index (χ1n) is 9.30. The van der Waals surface area contributed by atoms with Crippen molar-refractivity contribution in [1.29, 1.82) is 0 Å². The lowest BCUT2D eigenvalue weighted by atomic mass is 10.1. The van der Waals surface area contributed by atoms with E-state index in [1.807, 2.05) is 12.1 Å². The standard InChI is InChI=1S/C20H22N6O3/c1-12(27)3-2-10-22-18(28)14-7-4-13(5-8-14)6-9-15-11-23-17-16(24-15)19(29)26-20(21)25-17/h4-5,7-8,11H,2-3,6,9-10H2,1H3,(H,22,28)(H3,21,23,25,26,29). The van der Waals surface area contributed by atoms with Crippen LogP contribution < -0.4 is 16.6 Å². The van der Waals surface area contributed by atoms with Crippen molar-refractivity contribution in [3.8, 4) is 0 Å². The molecule has 3 rings (SSSR count). The van der Waals surface area contributed by atoms with Gasteiger partial charge in [-0.15, -0.1) is 0 Å². The lowest BCUT2D eigenvalue weighted by molar-refractivity contribution is -0.117. The molecule has 2 heterocycles. The van der Waals surface area contributed by atoms with Gasteiger partial charge >= 0.3 is 0 Å². The molecule has 0 aliphatic heterocycles. The van der Waals surface area contributed by atoms with Crippen LogP contribution in [-0.4, -0.2) is 38.2 Å². The number of carbonyl (C=O) groups is 2. The number of Topliss-reactive ketones (excluding diaryl/α,β-unsaturated/α-hetero) is 1. The van der Waals surface area contributed by atoms with Crippen molar-refractivity contribution in [1.82, 2.24) is 25.3 Å². The highest BCUT2D eigenvalue weighted by molar-refractivity contribution is 5.94. The number of ketones is 1. The van der Waals surface area contributed by atoms with Crippen LogP contribution in [-0.2, 0) is 17.6 Å². The maximum Gasteiger partial charge on any atom is 0.280 e. The molecule has 2 aromatic heterocycles. The number of nitrogens with two attached hydrogens (primary N) is 1. The molecule has 3 aromatic rings. The topological polar surface area (TPSA) is 144 Å². The third kappa shape index (κ3) is 5.44. The van der Waals surface area contributed by atoms with E-state index >= 15 is 0 Å². The van der Waals surface area contributed by atoms with Gasteiger partial charge < -0.3 is 15.8 Å². The highest BCUT2D eigenvalue weighted by Crippen LogP contribution is 2.10. The Kier molecular flexibility index (Phi) is 6.28. The Hall–Kier alpha value is -3.62. The molecule has 9 heteroatoms. The fraction of sp³-hybridized carbons (Fsp3) is 0.300. The van der Waals surface area contributed by atoms with E-state index in [9.17, 15) is 14.4 Å². The molecule has 0 spiro atoms. The van der Waals surface area contributed by atoms with E-state index in [0.717, 1.165) is 5.56 Å². The zero-order valence-electron chi connectivity index (χ0n) is 16.1. The summed E-state index contributed by atoms with van der Waals surface area (Å²) in [6, 6.07) is 7.29. The minimum absolute atomic E-state index is 0.00697. The minimum atomic E-state index is -0.416. The molecule has 0 fully saturated rings. The number of aromatic amines is 1. The number of H-pyrrole nitrogens is 1. The smallest absolute Gasteiger partial charge is 0.280 e. The fourth-order valence-corrected chi connectivity index (χ4v) is 2.83. The van der Waals surface area contributed by atoms with Gasteiger partial charge in [0.15, 0.2) is 11.2 Å². The lowest BCUT2D eigenvalue weighted by Gasteiger charge is -2.06. The van der Waals surface area contributed by atoms with E-state index in [4.69, 9.17) is 5.73 Å². The molecule has 4 N–H and O–H groups in total. The van der Waals surface area contributed by atoms with E-state index in [0.29, 0.717) is 43.5 Å². The molecule has 0 atom stereocenters. The van der Waals surface area contributed by atoms with Crippen LogP contribution in [0.15, 0.2) is 35.3 Å². The molecule has 0 saturated heterocycles. The summed E-state index contributed by atoms with van der Waals surface area (Å²) in [6.45, 7) is 2.01. The number of nitrogens with zero attached hydrogens (tertiary/aromatic N) is 3. The summed E-state index contributed by atoms with van der Waals surface area (Å²) >= 11 is 0. The first kappa shape index (κ1) is 20.1. The number of anilines is 1. The van der Waals surface area contributed by atoms with E-state index in [-0.39, 0.29) is 28.8 Å². The Labute approximate surface area is 166 Å². The molecule has 1 aromatic carbocycles. The molecule has 9 nitrogen and oxygen atoms in total. The number of aromatic nitrogens is 4. The van der Waals surface area contributed by atoms with Gasteiger partial charge in [-0.25, -0.2) is 9.97 Å². The van der Waals surface area contributed by atoms with Gasteiger partial charge in [0.25, 0.3) is 11.5 Å². The Morgan fingerprint density at radius 3 is 2.62 bits per heavy atom. The molecule has 1 amide bonds. The molecule has 29 heavy (non-hydrogen) atoms. The second kappa shape index (κ2) is 9.05. The highest BCUT2D eigenvalue weighted by Gasteiger charge is 2.08. The van der Waals surface area contributed by atoms with Crippen LogP contribution in [0.5, 0.6) is 0 Å². The van der Waals surface area contributed by atoms with Gasteiger partial charge in [-0.2, -0.15) is 4.98 Å². The predicted molar refractivity (Wildman–Crippen MR) is 108 cm³/mol. The maximum absolute atomic E-state index is 12.1. The quantitative estimate of drug-likeness (QED) is 0.487. The van der Waals surface area contributed by atoms with E-state index in [1.54, 1.807) is 18.3 Å². The average molecular weight is 394 g/mol. The molecule has 0 radical (unpaired) electrons. The van der Waals surface area contributed by atoms with Gasteiger partial charge in [0.05, 0.1) is 11.9 Å². The first-order chi connectivity index (χ1) is 13.9. The first-order valence-corrected chi connectivity index (χ1v) is 9.30. The molecular formula is C20H22N6O3. The van der Waals surface area contributed by atoms with Crippen molar-refractivity contribution >= 4 is 28.8 Å². The molecule has 0 bridgehead atoms. The number of benzene rings is 1. The number of carbonyl (C=O) groups excluding carboxylic acids is 2. The minimum Gasteiger partial charge on any atom is -0.369 e. The highest BCUT2D eigenvalue weighted by atomic mass is 16.1. The zero-order valence-corrected chi connectivity index (χ0v) is 16.1. The maximum atomic E-state index is 12.1. The summed E-state index contributed by atoms with van der Waals surface area (Å²) in [6.07, 6.45) is 3.95. The summed E-state index contributed by atoms with van der Waals surface area (Å²) < 4.78 is 0. The van der Waals surface area contributed by atoms with Crippen molar-refractivity contribution < 1.29 is 9.59 Å². The van der Waals surface area contributed by atoms with Crippen molar-refractivity contribution in [3.63, 3.8) is 0 Å². The second-order valence-corrected chi connectivity index (χ2v) is 6.74. The monoisotopic (exact) mass is 394 g/mol. The van der Waals surface area contributed by atoms with Crippen LogP contribution in [0.2, 0.25) is 0 Å².